The largest absolute Gasteiger partial charge is 0.242 e. The van der Waals surface area contributed by atoms with Crippen LogP contribution in [0.4, 0.5) is 0 Å². The van der Waals surface area contributed by atoms with E-state index in [1.165, 1.54) is 6.07 Å². The summed E-state index contributed by atoms with van der Waals surface area (Å²) >= 11 is 16.0. The summed E-state index contributed by atoms with van der Waals surface area (Å²) in [6.07, 6.45) is 0. The molecule has 0 aromatic carbocycles. The van der Waals surface area contributed by atoms with Crippen molar-refractivity contribution in [2.75, 3.05) is 6.54 Å². The van der Waals surface area contributed by atoms with Gasteiger partial charge in [0.2, 0.25) is 10.0 Å². The number of nitrogens with one attached hydrogen (secondary N) is 1. The van der Waals surface area contributed by atoms with E-state index in [9.17, 15) is 8.42 Å². The number of sulfonamides is 1. The van der Waals surface area contributed by atoms with E-state index in [0.29, 0.717) is 16.8 Å². The smallest absolute Gasteiger partial charge is 0.210 e. The van der Waals surface area contributed by atoms with Gasteiger partial charge in [-0.3, -0.25) is 0 Å². The Hall–Kier alpha value is 0.670. The zero-order valence-electron chi connectivity index (χ0n) is 9.21. The molecule has 0 aliphatic rings. The monoisotopic (exact) mass is 379 g/mol. The van der Waals surface area contributed by atoms with Crippen LogP contribution in [0.2, 0.25) is 8.67 Å². The predicted molar refractivity (Wildman–Crippen MR) is 77.1 cm³/mol. The highest BCUT2D eigenvalue weighted by molar-refractivity contribution is 9.09. The Kier molecular flexibility index (Phi) is 5.75. The molecule has 8 heteroatoms. The van der Waals surface area contributed by atoms with E-state index in [1.54, 1.807) is 0 Å². The predicted octanol–water partition coefficient (Wildman–Crippen LogP) is 3.75. The van der Waals surface area contributed by atoms with E-state index in [-0.39, 0.29) is 14.1 Å². The number of rotatable bonds is 5. The summed E-state index contributed by atoms with van der Waals surface area (Å²) in [7, 11) is -3.58. The van der Waals surface area contributed by atoms with Crippen LogP contribution < -0.4 is 4.72 Å². The van der Waals surface area contributed by atoms with E-state index in [2.05, 4.69) is 20.7 Å². The van der Waals surface area contributed by atoms with Crippen molar-refractivity contribution in [2.24, 2.45) is 5.92 Å². The van der Waals surface area contributed by atoms with Crippen molar-refractivity contribution in [2.45, 2.75) is 23.6 Å². The third-order valence-corrected chi connectivity index (χ3v) is 6.66. The van der Waals surface area contributed by atoms with Crippen LogP contribution in [0.25, 0.3) is 0 Å². The molecule has 0 amide bonds. The molecule has 0 fully saturated rings. The molecule has 0 bridgehead atoms. The third-order valence-electron chi connectivity index (χ3n) is 2.11. The SMILES string of the molecule is CC(C)C(Br)CNS(=O)(=O)c1cc(Cl)sc1Cl. The van der Waals surface area contributed by atoms with Gasteiger partial charge in [0.25, 0.3) is 0 Å². The van der Waals surface area contributed by atoms with Crippen molar-refractivity contribution in [1.82, 2.24) is 4.72 Å². The number of halogens is 3. The fourth-order valence-corrected chi connectivity index (χ4v) is 4.59. The Balaban J connectivity index is 2.80. The lowest BCUT2D eigenvalue weighted by molar-refractivity contribution is 0.563. The Morgan fingerprint density at radius 3 is 2.47 bits per heavy atom. The fraction of sp³-hybridized carbons (Fsp3) is 0.556. The standard InChI is InChI=1S/C9H12BrCl2NO2S2/c1-5(2)6(10)4-13-17(14,15)7-3-8(11)16-9(7)12/h3,5-6,13H,4H2,1-2H3. The average Bonchev–Trinajstić information content (AvgIpc) is 2.55. The molecule has 0 saturated heterocycles. The Bertz CT molecular complexity index is 487. The molecular formula is C9H12BrCl2NO2S2. The summed E-state index contributed by atoms with van der Waals surface area (Å²) in [5, 5.41) is 0. The molecular weight excluding hydrogens is 369 g/mol. The third kappa shape index (κ3) is 4.36. The van der Waals surface area contributed by atoms with Crippen LogP contribution in [0.5, 0.6) is 0 Å². The minimum atomic E-state index is -3.58. The van der Waals surface area contributed by atoms with Crippen molar-refractivity contribution in [1.29, 1.82) is 0 Å². The molecule has 0 aliphatic carbocycles. The second-order valence-corrected chi connectivity index (χ2v) is 9.00. The van der Waals surface area contributed by atoms with Gasteiger partial charge in [0, 0.05) is 11.4 Å². The van der Waals surface area contributed by atoms with Crippen LogP contribution in [0.1, 0.15) is 13.8 Å². The maximum atomic E-state index is 11.9. The molecule has 1 rings (SSSR count). The van der Waals surface area contributed by atoms with Gasteiger partial charge in [-0.15, -0.1) is 11.3 Å². The Morgan fingerprint density at radius 2 is 2.06 bits per heavy atom. The van der Waals surface area contributed by atoms with Crippen molar-refractivity contribution in [3.8, 4) is 0 Å². The second-order valence-electron chi connectivity index (χ2n) is 3.80. The van der Waals surface area contributed by atoms with E-state index in [4.69, 9.17) is 23.2 Å². The average molecular weight is 381 g/mol. The first-order valence-electron chi connectivity index (χ1n) is 4.82. The zero-order valence-corrected chi connectivity index (χ0v) is 13.9. The molecule has 1 atom stereocenters. The first kappa shape index (κ1) is 15.7. The Labute approximate surface area is 124 Å². The highest BCUT2D eigenvalue weighted by atomic mass is 79.9. The summed E-state index contributed by atoms with van der Waals surface area (Å²) in [5.74, 6) is 0.333. The fourth-order valence-electron chi connectivity index (χ4n) is 1.01. The van der Waals surface area contributed by atoms with Crippen LogP contribution in [-0.4, -0.2) is 19.8 Å². The second kappa shape index (κ2) is 6.21. The molecule has 1 aromatic rings. The van der Waals surface area contributed by atoms with Crippen molar-refractivity contribution in [3.05, 3.63) is 14.7 Å². The maximum Gasteiger partial charge on any atom is 0.242 e. The normalized spacial score (nSPS) is 14.2. The number of hydrogen-bond acceptors (Lipinski definition) is 3. The van der Waals surface area contributed by atoms with E-state index in [0.717, 1.165) is 11.3 Å². The summed E-state index contributed by atoms with van der Waals surface area (Å²) in [6.45, 7) is 4.31. The van der Waals surface area contributed by atoms with Crippen LogP contribution in [0, 0.1) is 5.92 Å². The lowest BCUT2D eigenvalue weighted by Gasteiger charge is -2.14. The molecule has 0 spiro atoms. The van der Waals surface area contributed by atoms with Crippen LogP contribution >= 0.6 is 50.5 Å². The molecule has 98 valence electrons. The van der Waals surface area contributed by atoms with Crippen LogP contribution in [0.3, 0.4) is 0 Å². The van der Waals surface area contributed by atoms with Crippen LogP contribution in [-0.2, 0) is 10.0 Å². The minimum absolute atomic E-state index is 0.0395. The summed E-state index contributed by atoms with van der Waals surface area (Å²) < 4.78 is 26.9. The molecule has 1 N–H and O–H groups in total. The van der Waals surface area contributed by atoms with Gasteiger partial charge in [-0.05, 0) is 12.0 Å². The van der Waals surface area contributed by atoms with Gasteiger partial charge in [-0.2, -0.15) is 0 Å². The zero-order chi connectivity index (χ0) is 13.2. The quantitative estimate of drug-likeness (QED) is 0.790. The molecule has 0 aliphatic heterocycles. The van der Waals surface area contributed by atoms with Crippen molar-refractivity contribution < 1.29 is 8.42 Å². The molecule has 1 heterocycles. The van der Waals surface area contributed by atoms with Crippen molar-refractivity contribution >= 4 is 60.5 Å². The molecule has 1 aromatic heterocycles. The summed E-state index contributed by atoms with van der Waals surface area (Å²) in [6, 6.07) is 1.36. The lowest BCUT2D eigenvalue weighted by Crippen LogP contribution is -2.31. The highest BCUT2D eigenvalue weighted by Crippen LogP contribution is 2.34. The van der Waals surface area contributed by atoms with E-state index in [1.807, 2.05) is 13.8 Å². The van der Waals surface area contributed by atoms with E-state index < -0.39 is 10.0 Å². The molecule has 1 unspecified atom stereocenters. The number of thiophene rings is 1. The van der Waals surface area contributed by atoms with Gasteiger partial charge in [-0.25, -0.2) is 13.1 Å². The number of hydrogen-bond donors (Lipinski definition) is 1. The van der Waals surface area contributed by atoms with Crippen LogP contribution in [0.15, 0.2) is 11.0 Å². The molecule has 0 radical (unpaired) electrons. The van der Waals surface area contributed by atoms with Gasteiger partial charge in [0.1, 0.15) is 9.23 Å². The van der Waals surface area contributed by atoms with Gasteiger partial charge >= 0.3 is 0 Å². The highest BCUT2D eigenvalue weighted by Gasteiger charge is 2.22. The summed E-state index contributed by atoms with van der Waals surface area (Å²) in [4.78, 5) is 0.114. The van der Waals surface area contributed by atoms with Gasteiger partial charge < -0.3 is 0 Å². The number of alkyl halides is 1. The van der Waals surface area contributed by atoms with Gasteiger partial charge in [0.05, 0.1) is 4.34 Å². The first-order chi connectivity index (χ1) is 7.74. The van der Waals surface area contributed by atoms with Gasteiger partial charge in [0.15, 0.2) is 0 Å². The maximum absolute atomic E-state index is 11.9. The van der Waals surface area contributed by atoms with E-state index >= 15 is 0 Å². The molecule has 0 saturated carbocycles. The van der Waals surface area contributed by atoms with Crippen molar-refractivity contribution in [3.63, 3.8) is 0 Å². The first-order valence-corrected chi connectivity index (χ1v) is 8.79. The molecule has 3 nitrogen and oxygen atoms in total. The Morgan fingerprint density at radius 1 is 1.47 bits per heavy atom. The minimum Gasteiger partial charge on any atom is -0.210 e. The summed E-state index contributed by atoms with van der Waals surface area (Å²) in [5.41, 5.74) is 0. The van der Waals surface area contributed by atoms with Gasteiger partial charge in [-0.1, -0.05) is 53.0 Å². The lowest BCUT2D eigenvalue weighted by atomic mass is 10.1. The molecule has 17 heavy (non-hydrogen) atoms. The topological polar surface area (TPSA) is 46.2 Å².